The van der Waals surface area contributed by atoms with Gasteiger partial charge in [-0.2, -0.15) is 0 Å². The van der Waals surface area contributed by atoms with Gasteiger partial charge in [-0.25, -0.2) is 4.98 Å². The highest BCUT2D eigenvalue weighted by Crippen LogP contribution is 2.32. The van der Waals surface area contributed by atoms with Crippen LogP contribution in [0.5, 0.6) is 0 Å². The minimum absolute atomic E-state index is 0.260. The molecule has 25 heavy (non-hydrogen) atoms. The Kier molecular flexibility index (Phi) is 4.26. The van der Waals surface area contributed by atoms with Crippen LogP contribution in [0.25, 0.3) is 10.9 Å². The van der Waals surface area contributed by atoms with E-state index in [1.54, 1.807) is 0 Å². The summed E-state index contributed by atoms with van der Waals surface area (Å²) < 4.78 is 0. The Hall–Kier alpha value is -2.63. The van der Waals surface area contributed by atoms with E-state index >= 15 is 0 Å². The quantitative estimate of drug-likeness (QED) is 0.668. The molecule has 3 N–H and O–H groups in total. The number of aromatic nitrogens is 1. The van der Waals surface area contributed by atoms with E-state index in [0.717, 1.165) is 35.5 Å². The van der Waals surface area contributed by atoms with Gasteiger partial charge in [-0.3, -0.25) is 0 Å². The number of benzene rings is 2. The Labute approximate surface area is 146 Å². The highest BCUT2D eigenvalue weighted by atomic mass is 16.3. The van der Waals surface area contributed by atoms with E-state index in [0.29, 0.717) is 6.54 Å². The van der Waals surface area contributed by atoms with Crippen LogP contribution in [0.1, 0.15) is 11.1 Å². The van der Waals surface area contributed by atoms with Gasteiger partial charge in [0.05, 0.1) is 18.2 Å². The van der Waals surface area contributed by atoms with Gasteiger partial charge in [0.25, 0.3) is 0 Å². The van der Waals surface area contributed by atoms with Gasteiger partial charge in [0.1, 0.15) is 5.82 Å². The fourth-order valence-corrected chi connectivity index (χ4v) is 3.26. The summed E-state index contributed by atoms with van der Waals surface area (Å²) in [5, 5.41) is 22.9. The van der Waals surface area contributed by atoms with Crippen molar-refractivity contribution in [1.82, 2.24) is 4.98 Å². The van der Waals surface area contributed by atoms with Gasteiger partial charge in [-0.1, -0.05) is 42.5 Å². The van der Waals surface area contributed by atoms with Crippen molar-refractivity contribution in [2.75, 3.05) is 23.4 Å². The third-order valence-electron chi connectivity index (χ3n) is 4.61. The fraction of sp³-hybridized carbons (Fsp3) is 0.250. The van der Waals surface area contributed by atoms with E-state index in [1.165, 1.54) is 11.1 Å². The number of aliphatic hydroxyl groups excluding tert-OH is 2. The van der Waals surface area contributed by atoms with E-state index in [2.05, 4.69) is 34.5 Å². The summed E-state index contributed by atoms with van der Waals surface area (Å²) in [6.45, 7) is 1.73. The first kappa shape index (κ1) is 15.9. The predicted molar refractivity (Wildman–Crippen MR) is 99.7 cm³/mol. The standard InChI is InChI=1S/C20H21N3O2/c24-13-16(25)10-21-19-9-20(22-18-8-4-3-7-17(18)19)23-11-14-5-1-2-6-15(14)12-23/h1-9,16,24-25H,10-13H2,(H,21,22)/t16-/m0/s1. The van der Waals surface area contributed by atoms with Crippen molar-refractivity contribution in [2.45, 2.75) is 19.2 Å². The number of pyridine rings is 1. The van der Waals surface area contributed by atoms with E-state index in [9.17, 15) is 5.11 Å². The second-order valence-electron chi connectivity index (χ2n) is 6.39. The van der Waals surface area contributed by atoms with Crippen molar-refractivity contribution in [3.05, 3.63) is 65.7 Å². The molecule has 5 heteroatoms. The highest BCUT2D eigenvalue weighted by Gasteiger charge is 2.20. The lowest BCUT2D eigenvalue weighted by Crippen LogP contribution is -2.23. The molecule has 3 aromatic rings. The summed E-state index contributed by atoms with van der Waals surface area (Å²) in [5.74, 6) is 0.913. The number of para-hydroxylation sites is 1. The minimum Gasteiger partial charge on any atom is -0.394 e. The number of anilines is 2. The number of hydrogen-bond donors (Lipinski definition) is 3. The van der Waals surface area contributed by atoms with Crippen LogP contribution in [0.15, 0.2) is 54.6 Å². The monoisotopic (exact) mass is 335 g/mol. The second-order valence-corrected chi connectivity index (χ2v) is 6.39. The maximum absolute atomic E-state index is 9.65. The molecule has 0 aliphatic carbocycles. The van der Waals surface area contributed by atoms with Crippen molar-refractivity contribution < 1.29 is 10.2 Å². The Morgan fingerprint density at radius 2 is 1.72 bits per heavy atom. The zero-order valence-electron chi connectivity index (χ0n) is 13.9. The van der Waals surface area contributed by atoms with Crippen LogP contribution in [-0.2, 0) is 13.1 Å². The molecular weight excluding hydrogens is 314 g/mol. The summed E-state index contributed by atoms with van der Waals surface area (Å²) in [4.78, 5) is 7.08. The number of fused-ring (bicyclic) bond motifs is 2. The average Bonchev–Trinajstić information content (AvgIpc) is 3.09. The van der Waals surface area contributed by atoms with Gasteiger partial charge in [-0.05, 0) is 17.2 Å². The first-order valence-electron chi connectivity index (χ1n) is 8.49. The van der Waals surface area contributed by atoms with E-state index < -0.39 is 6.10 Å². The van der Waals surface area contributed by atoms with Crippen molar-refractivity contribution in [1.29, 1.82) is 0 Å². The molecule has 5 nitrogen and oxygen atoms in total. The summed E-state index contributed by atoms with van der Waals surface area (Å²) >= 11 is 0. The minimum atomic E-state index is -0.786. The molecule has 2 aromatic carbocycles. The van der Waals surface area contributed by atoms with Gasteiger partial charge in [0.15, 0.2) is 0 Å². The van der Waals surface area contributed by atoms with Gasteiger partial charge in [0, 0.05) is 36.8 Å². The Bertz CT molecular complexity index is 872. The lowest BCUT2D eigenvalue weighted by Gasteiger charge is -2.20. The molecule has 0 amide bonds. The van der Waals surface area contributed by atoms with Crippen molar-refractivity contribution in [2.24, 2.45) is 0 Å². The molecular formula is C20H21N3O2. The maximum Gasteiger partial charge on any atom is 0.131 e. The summed E-state index contributed by atoms with van der Waals surface area (Å²) in [7, 11) is 0. The Morgan fingerprint density at radius 3 is 2.44 bits per heavy atom. The highest BCUT2D eigenvalue weighted by molar-refractivity contribution is 5.93. The molecule has 1 atom stereocenters. The average molecular weight is 335 g/mol. The topological polar surface area (TPSA) is 68.6 Å². The first-order chi connectivity index (χ1) is 12.2. The first-order valence-corrected chi connectivity index (χ1v) is 8.49. The Morgan fingerprint density at radius 1 is 1.04 bits per heavy atom. The molecule has 0 fully saturated rings. The molecule has 0 saturated heterocycles. The van der Waals surface area contributed by atoms with E-state index in [-0.39, 0.29) is 6.61 Å². The summed E-state index contributed by atoms with van der Waals surface area (Å²) in [6, 6.07) is 18.4. The molecule has 0 radical (unpaired) electrons. The molecule has 0 bridgehead atoms. The third kappa shape index (κ3) is 3.16. The van der Waals surface area contributed by atoms with Crippen molar-refractivity contribution >= 4 is 22.4 Å². The molecule has 128 valence electrons. The summed E-state index contributed by atoms with van der Waals surface area (Å²) in [5.41, 5.74) is 4.51. The maximum atomic E-state index is 9.65. The van der Waals surface area contributed by atoms with Gasteiger partial charge in [-0.15, -0.1) is 0 Å². The van der Waals surface area contributed by atoms with Crippen LogP contribution in [0.3, 0.4) is 0 Å². The molecule has 0 unspecified atom stereocenters. The van der Waals surface area contributed by atoms with E-state index in [1.807, 2.05) is 30.3 Å². The number of nitrogens with zero attached hydrogens (tertiary/aromatic N) is 2. The van der Waals surface area contributed by atoms with Crippen LogP contribution in [0.2, 0.25) is 0 Å². The molecule has 1 aromatic heterocycles. The molecule has 0 saturated carbocycles. The molecule has 1 aliphatic rings. The SMILES string of the molecule is OC[C@@H](O)CNc1cc(N2Cc3ccccc3C2)nc2ccccc12. The normalized spacial score (nSPS) is 14.6. The van der Waals surface area contributed by atoms with Crippen molar-refractivity contribution in [3.63, 3.8) is 0 Å². The number of aliphatic hydroxyl groups is 2. The van der Waals surface area contributed by atoms with E-state index in [4.69, 9.17) is 10.1 Å². The third-order valence-corrected chi connectivity index (χ3v) is 4.61. The predicted octanol–water partition coefficient (Wildman–Crippen LogP) is 2.52. The molecule has 2 heterocycles. The molecule has 1 aliphatic heterocycles. The number of nitrogens with one attached hydrogen (secondary N) is 1. The lowest BCUT2D eigenvalue weighted by atomic mass is 10.1. The largest absolute Gasteiger partial charge is 0.394 e. The van der Waals surface area contributed by atoms with Crippen LogP contribution in [-0.4, -0.2) is 34.5 Å². The number of rotatable bonds is 5. The number of hydrogen-bond acceptors (Lipinski definition) is 5. The zero-order chi connectivity index (χ0) is 17.2. The lowest BCUT2D eigenvalue weighted by molar-refractivity contribution is 0.105. The smallest absolute Gasteiger partial charge is 0.131 e. The van der Waals surface area contributed by atoms with Crippen LogP contribution in [0, 0.1) is 0 Å². The zero-order valence-corrected chi connectivity index (χ0v) is 13.9. The molecule has 4 rings (SSSR count). The summed E-state index contributed by atoms with van der Waals surface area (Å²) in [6.07, 6.45) is -0.786. The molecule has 0 spiro atoms. The van der Waals surface area contributed by atoms with Gasteiger partial charge >= 0.3 is 0 Å². The van der Waals surface area contributed by atoms with Crippen LogP contribution >= 0.6 is 0 Å². The Balaban J connectivity index is 1.68. The van der Waals surface area contributed by atoms with Crippen molar-refractivity contribution in [3.8, 4) is 0 Å². The van der Waals surface area contributed by atoms with Crippen LogP contribution in [0.4, 0.5) is 11.5 Å². The van der Waals surface area contributed by atoms with Gasteiger partial charge < -0.3 is 20.4 Å². The van der Waals surface area contributed by atoms with Crippen LogP contribution < -0.4 is 10.2 Å². The van der Waals surface area contributed by atoms with Gasteiger partial charge in [0.2, 0.25) is 0 Å². The second kappa shape index (κ2) is 6.70. The fourth-order valence-electron chi connectivity index (χ4n) is 3.26.